The van der Waals surface area contributed by atoms with Crippen LogP contribution in [0.15, 0.2) is 6.07 Å². The molecule has 4 nitrogen and oxygen atoms in total. The highest BCUT2D eigenvalue weighted by Crippen LogP contribution is 2.38. The third-order valence-electron chi connectivity index (χ3n) is 1.58. The van der Waals surface area contributed by atoms with Gasteiger partial charge < -0.3 is 9.47 Å². The minimum Gasteiger partial charge on any atom is -0.423 e. The first-order valence-electron chi connectivity index (χ1n) is 4.37. The SMILES string of the molecule is CC(=O)Oc1cc(I)c(I)c(I)c1OC(C)=O. The van der Waals surface area contributed by atoms with E-state index >= 15 is 0 Å². The molecule has 0 bridgehead atoms. The quantitative estimate of drug-likeness (QED) is 0.237. The standard InChI is InChI=1S/C10H7I3O4/c1-4(14)16-7-3-6(11)8(12)9(13)10(7)17-5(2)15/h3H,1-2H3. The Morgan fingerprint density at radius 3 is 2.00 bits per heavy atom. The Balaban J connectivity index is 3.34. The lowest BCUT2D eigenvalue weighted by atomic mass is 10.3. The monoisotopic (exact) mass is 572 g/mol. The Hall–Kier alpha value is 0.350. The van der Waals surface area contributed by atoms with Gasteiger partial charge in [-0.05, 0) is 73.8 Å². The second-order valence-corrected chi connectivity index (χ2v) is 6.32. The lowest BCUT2D eigenvalue weighted by Crippen LogP contribution is -2.09. The molecule has 0 unspecified atom stereocenters. The fourth-order valence-corrected chi connectivity index (χ4v) is 3.16. The van der Waals surface area contributed by atoms with Crippen LogP contribution in [0.25, 0.3) is 0 Å². The highest BCUT2D eigenvalue weighted by molar-refractivity contribution is 14.1. The van der Waals surface area contributed by atoms with Gasteiger partial charge in [0.2, 0.25) is 0 Å². The molecule has 7 heteroatoms. The van der Waals surface area contributed by atoms with Crippen molar-refractivity contribution >= 4 is 79.7 Å². The second-order valence-electron chi connectivity index (χ2n) is 3.00. The van der Waals surface area contributed by atoms with Gasteiger partial charge in [-0.2, -0.15) is 0 Å². The predicted octanol–water partition coefficient (Wildman–Crippen LogP) is 3.35. The molecule has 0 fully saturated rings. The molecule has 0 spiro atoms. The Morgan fingerprint density at radius 2 is 1.53 bits per heavy atom. The molecule has 0 aliphatic heterocycles. The average Bonchev–Trinajstić information content (AvgIpc) is 2.20. The normalized spacial score (nSPS) is 9.94. The molecule has 0 saturated carbocycles. The molecule has 1 aromatic carbocycles. The maximum atomic E-state index is 11.0. The van der Waals surface area contributed by atoms with Gasteiger partial charge in [0, 0.05) is 21.0 Å². The van der Waals surface area contributed by atoms with Gasteiger partial charge in [-0.3, -0.25) is 9.59 Å². The van der Waals surface area contributed by atoms with E-state index in [1.54, 1.807) is 6.07 Å². The van der Waals surface area contributed by atoms with Crippen LogP contribution >= 0.6 is 67.8 Å². The summed E-state index contributed by atoms with van der Waals surface area (Å²) in [6, 6.07) is 1.67. The zero-order valence-corrected chi connectivity index (χ0v) is 15.3. The minimum atomic E-state index is -0.453. The van der Waals surface area contributed by atoms with Crippen LogP contribution in [0.2, 0.25) is 0 Å². The molecule has 0 atom stereocenters. The molecule has 0 aromatic heterocycles. The summed E-state index contributed by atoms with van der Waals surface area (Å²) in [5, 5.41) is 0. The predicted molar refractivity (Wildman–Crippen MR) is 87.2 cm³/mol. The zero-order chi connectivity index (χ0) is 13.2. The highest BCUT2D eigenvalue weighted by Gasteiger charge is 2.19. The summed E-state index contributed by atoms with van der Waals surface area (Å²) in [6.07, 6.45) is 0. The second kappa shape index (κ2) is 6.50. The molecule has 17 heavy (non-hydrogen) atoms. The van der Waals surface area contributed by atoms with E-state index < -0.39 is 11.9 Å². The molecular weight excluding hydrogens is 565 g/mol. The summed E-state index contributed by atoms with van der Waals surface area (Å²) in [5.74, 6) is -0.348. The molecule has 1 aromatic rings. The molecule has 0 aliphatic rings. The first kappa shape index (κ1) is 15.4. The molecule has 0 saturated heterocycles. The summed E-state index contributed by atoms with van der Waals surface area (Å²) >= 11 is 6.33. The van der Waals surface area contributed by atoms with Crippen LogP contribution < -0.4 is 9.47 Å². The van der Waals surface area contributed by atoms with Gasteiger partial charge >= 0.3 is 11.9 Å². The van der Waals surface area contributed by atoms with Gasteiger partial charge in [0.1, 0.15) is 0 Å². The molecule has 0 amide bonds. The van der Waals surface area contributed by atoms with Crippen molar-refractivity contribution in [3.8, 4) is 11.5 Å². The first-order valence-corrected chi connectivity index (χ1v) is 7.61. The number of carbonyl (C=O) groups is 2. The Labute approximate surface area is 139 Å². The van der Waals surface area contributed by atoms with Crippen LogP contribution in [0.4, 0.5) is 0 Å². The van der Waals surface area contributed by atoms with Crippen LogP contribution in [0, 0.1) is 10.7 Å². The molecule has 92 valence electrons. The van der Waals surface area contributed by atoms with Crippen LogP contribution in [0.5, 0.6) is 11.5 Å². The number of rotatable bonds is 2. The van der Waals surface area contributed by atoms with Crippen molar-refractivity contribution in [3.05, 3.63) is 16.8 Å². The van der Waals surface area contributed by atoms with Crippen molar-refractivity contribution in [2.24, 2.45) is 0 Å². The van der Waals surface area contributed by atoms with Gasteiger partial charge in [-0.25, -0.2) is 0 Å². The largest absolute Gasteiger partial charge is 0.423 e. The fourth-order valence-electron chi connectivity index (χ4n) is 1.03. The number of halogens is 3. The lowest BCUT2D eigenvalue weighted by molar-refractivity contribution is -0.134. The van der Waals surface area contributed by atoms with E-state index in [9.17, 15) is 9.59 Å². The molecular formula is C10H7I3O4. The van der Waals surface area contributed by atoms with Gasteiger partial charge in [-0.15, -0.1) is 0 Å². The van der Waals surface area contributed by atoms with E-state index in [1.165, 1.54) is 13.8 Å². The van der Waals surface area contributed by atoms with Gasteiger partial charge in [0.15, 0.2) is 11.5 Å². The van der Waals surface area contributed by atoms with Crippen molar-refractivity contribution in [1.29, 1.82) is 0 Å². The van der Waals surface area contributed by atoms with Crippen molar-refractivity contribution in [1.82, 2.24) is 0 Å². The van der Waals surface area contributed by atoms with Crippen LogP contribution in [-0.4, -0.2) is 11.9 Å². The maximum Gasteiger partial charge on any atom is 0.308 e. The van der Waals surface area contributed by atoms with Crippen molar-refractivity contribution in [2.75, 3.05) is 0 Å². The van der Waals surface area contributed by atoms with E-state index in [-0.39, 0.29) is 11.5 Å². The van der Waals surface area contributed by atoms with Gasteiger partial charge in [0.05, 0.1) is 3.57 Å². The first-order chi connectivity index (χ1) is 7.82. The van der Waals surface area contributed by atoms with Gasteiger partial charge in [0.25, 0.3) is 0 Å². The van der Waals surface area contributed by atoms with Crippen molar-refractivity contribution in [3.63, 3.8) is 0 Å². The van der Waals surface area contributed by atoms with E-state index in [0.29, 0.717) is 0 Å². The van der Waals surface area contributed by atoms with Crippen LogP contribution in [-0.2, 0) is 9.59 Å². The number of benzene rings is 1. The zero-order valence-electron chi connectivity index (χ0n) is 8.84. The smallest absolute Gasteiger partial charge is 0.308 e. The highest BCUT2D eigenvalue weighted by atomic mass is 127. The van der Waals surface area contributed by atoms with Crippen LogP contribution in [0.3, 0.4) is 0 Å². The maximum absolute atomic E-state index is 11.0. The number of esters is 2. The summed E-state index contributed by atoms with van der Waals surface area (Å²) in [6.45, 7) is 2.60. The fraction of sp³-hybridized carbons (Fsp3) is 0.200. The lowest BCUT2D eigenvalue weighted by Gasteiger charge is -2.12. The summed E-state index contributed by atoms with van der Waals surface area (Å²) in [5.41, 5.74) is 0. The molecule has 0 N–H and O–H groups in total. The van der Waals surface area contributed by atoms with Gasteiger partial charge in [-0.1, -0.05) is 0 Å². The minimum absolute atomic E-state index is 0.266. The van der Waals surface area contributed by atoms with E-state index in [2.05, 4.69) is 67.8 Å². The van der Waals surface area contributed by atoms with E-state index in [1.807, 2.05) is 0 Å². The van der Waals surface area contributed by atoms with Crippen molar-refractivity contribution in [2.45, 2.75) is 13.8 Å². The summed E-state index contributed by atoms with van der Waals surface area (Å²) in [4.78, 5) is 22.0. The molecule has 0 radical (unpaired) electrons. The van der Waals surface area contributed by atoms with Crippen LogP contribution in [0.1, 0.15) is 13.8 Å². The Bertz CT molecular complexity index is 485. The number of hydrogen-bond acceptors (Lipinski definition) is 4. The summed E-state index contributed by atoms with van der Waals surface area (Å²) in [7, 11) is 0. The number of hydrogen-bond donors (Lipinski definition) is 0. The third-order valence-corrected chi connectivity index (χ3v) is 6.65. The Kier molecular flexibility index (Phi) is 5.89. The van der Waals surface area contributed by atoms with Crippen molar-refractivity contribution < 1.29 is 19.1 Å². The molecule has 0 heterocycles. The number of ether oxygens (including phenoxy) is 2. The van der Waals surface area contributed by atoms with E-state index in [4.69, 9.17) is 9.47 Å². The molecule has 0 aliphatic carbocycles. The van der Waals surface area contributed by atoms with E-state index in [0.717, 1.165) is 10.7 Å². The Morgan fingerprint density at radius 1 is 1.00 bits per heavy atom. The number of carbonyl (C=O) groups excluding carboxylic acids is 2. The topological polar surface area (TPSA) is 52.6 Å². The average molecular weight is 572 g/mol. The molecule has 1 rings (SSSR count). The summed E-state index contributed by atoms with van der Waals surface area (Å²) < 4.78 is 12.8. The third kappa shape index (κ3) is 4.19.